The van der Waals surface area contributed by atoms with E-state index in [9.17, 15) is 9.59 Å². The van der Waals surface area contributed by atoms with Crippen LogP contribution in [-0.4, -0.2) is 28.7 Å². The fourth-order valence-corrected chi connectivity index (χ4v) is 3.58. The Morgan fingerprint density at radius 3 is 2.59 bits per heavy atom. The summed E-state index contributed by atoms with van der Waals surface area (Å²) in [5, 5.41) is 3.13. The van der Waals surface area contributed by atoms with E-state index in [1.165, 1.54) is 0 Å². The zero-order chi connectivity index (χ0) is 21.0. The third-order valence-electron chi connectivity index (χ3n) is 5.04. The van der Waals surface area contributed by atoms with Crippen molar-refractivity contribution in [3.8, 4) is 11.5 Å². The predicted molar refractivity (Wildman–Crippen MR) is 110 cm³/mol. The minimum atomic E-state index is -0.265. The number of aryl methyl sites for hydroxylation is 2. The van der Waals surface area contributed by atoms with Gasteiger partial charge in [0.1, 0.15) is 13.2 Å². The van der Waals surface area contributed by atoms with Crippen LogP contribution in [0, 0.1) is 19.8 Å². The van der Waals surface area contributed by atoms with Gasteiger partial charge < -0.3 is 14.8 Å². The molecule has 2 heterocycles. The molecule has 2 aromatic rings. The lowest BCUT2D eigenvalue weighted by atomic mass is 9.95. The maximum atomic E-state index is 12.6. The molecule has 0 saturated heterocycles. The maximum absolute atomic E-state index is 12.6. The number of fused-ring (bicyclic) bond motifs is 1. The minimum Gasteiger partial charge on any atom is -0.486 e. The number of ether oxygens (including phenoxy) is 2. The van der Waals surface area contributed by atoms with Gasteiger partial charge in [-0.25, -0.2) is 4.79 Å². The highest BCUT2D eigenvalue weighted by molar-refractivity contribution is 5.76. The van der Waals surface area contributed by atoms with Crippen molar-refractivity contribution in [3.05, 3.63) is 51.7 Å². The monoisotopic (exact) mass is 399 g/mol. The van der Waals surface area contributed by atoms with Crippen molar-refractivity contribution in [2.24, 2.45) is 5.92 Å². The van der Waals surface area contributed by atoms with E-state index < -0.39 is 0 Å². The van der Waals surface area contributed by atoms with Gasteiger partial charge in [0.2, 0.25) is 5.91 Å². The zero-order valence-corrected chi connectivity index (χ0v) is 17.5. The van der Waals surface area contributed by atoms with Gasteiger partial charge >= 0.3 is 5.69 Å². The van der Waals surface area contributed by atoms with Crippen molar-refractivity contribution in [2.75, 3.05) is 13.2 Å². The third kappa shape index (κ3) is 5.16. The lowest BCUT2D eigenvalue weighted by Crippen LogP contribution is -2.32. The smallest absolute Gasteiger partial charge is 0.347 e. The van der Waals surface area contributed by atoms with E-state index in [1.54, 1.807) is 11.5 Å². The molecule has 7 heteroatoms. The summed E-state index contributed by atoms with van der Waals surface area (Å²) >= 11 is 0. The molecule has 0 aliphatic carbocycles. The Morgan fingerprint density at radius 1 is 1.17 bits per heavy atom. The predicted octanol–water partition coefficient (Wildman–Crippen LogP) is 2.93. The highest BCUT2D eigenvalue weighted by Gasteiger charge is 2.21. The van der Waals surface area contributed by atoms with Crippen LogP contribution in [0.2, 0.25) is 0 Å². The van der Waals surface area contributed by atoms with Gasteiger partial charge in [-0.1, -0.05) is 19.9 Å². The summed E-state index contributed by atoms with van der Waals surface area (Å²) in [5.74, 6) is 1.63. The summed E-state index contributed by atoms with van der Waals surface area (Å²) in [4.78, 5) is 28.6. The maximum Gasteiger partial charge on any atom is 0.347 e. The van der Waals surface area contributed by atoms with Crippen molar-refractivity contribution in [1.82, 2.24) is 14.9 Å². The summed E-state index contributed by atoms with van der Waals surface area (Å²) in [5.41, 5.74) is 2.30. The number of nitrogens with zero attached hydrogens (tertiary/aromatic N) is 2. The highest BCUT2D eigenvalue weighted by atomic mass is 16.6. The van der Waals surface area contributed by atoms with E-state index in [1.807, 2.05) is 31.2 Å². The van der Waals surface area contributed by atoms with Crippen molar-refractivity contribution in [2.45, 2.75) is 53.1 Å². The van der Waals surface area contributed by atoms with Gasteiger partial charge in [-0.15, -0.1) is 0 Å². The minimum absolute atomic E-state index is 0.0376. The Morgan fingerprint density at radius 2 is 1.90 bits per heavy atom. The fraction of sp³-hybridized carbons (Fsp3) is 0.500. The molecule has 3 rings (SSSR count). The molecule has 1 aliphatic heterocycles. The topological polar surface area (TPSA) is 82.5 Å². The molecule has 29 heavy (non-hydrogen) atoms. The van der Waals surface area contributed by atoms with Gasteiger partial charge in [-0.3, -0.25) is 9.36 Å². The zero-order valence-electron chi connectivity index (χ0n) is 17.5. The Kier molecular flexibility index (Phi) is 6.56. The quantitative estimate of drug-likeness (QED) is 0.774. The third-order valence-corrected chi connectivity index (χ3v) is 5.04. The first-order chi connectivity index (χ1) is 13.8. The van der Waals surface area contributed by atoms with E-state index in [2.05, 4.69) is 24.1 Å². The second kappa shape index (κ2) is 9.11. The van der Waals surface area contributed by atoms with Crippen molar-refractivity contribution in [3.63, 3.8) is 0 Å². The summed E-state index contributed by atoms with van der Waals surface area (Å²) in [6, 6.07) is 7.56. The Bertz CT molecular complexity index is 936. The fourth-order valence-electron chi connectivity index (χ4n) is 3.58. The van der Waals surface area contributed by atoms with Gasteiger partial charge in [0.05, 0.1) is 6.04 Å². The average molecular weight is 399 g/mol. The second-order valence-electron chi connectivity index (χ2n) is 7.77. The summed E-state index contributed by atoms with van der Waals surface area (Å²) in [6.45, 7) is 9.38. The molecule has 156 valence electrons. The van der Waals surface area contributed by atoms with Crippen LogP contribution in [0.3, 0.4) is 0 Å². The molecule has 1 aliphatic rings. The number of hydrogen-bond donors (Lipinski definition) is 1. The van der Waals surface area contributed by atoms with Crippen LogP contribution in [0.15, 0.2) is 29.1 Å². The first kappa shape index (κ1) is 20.9. The number of carbonyl (C=O) groups is 1. The summed E-state index contributed by atoms with van der Waals surface area (Å²) in [6.07, 6.45) is 0.913. The molecule has 0 saturated carbocycles. The van der Waals surface area contributed by atoms with Crippen molar-refractivity contribution in [1.29, 1.82) is 0 Å². The lowest BCUT2D eigenvalue weighted by Gasteiger charge is -2.25. The van der Waals surface area contributed by atoms with Crippen molar-refractivity contribution >= 4 is 5.91 Å². The van der Waals surface area contributed by atoms with Crippen LogP contribution in [0.25, 0.3) is 0 Å². The van der Waals surface area contributed by atoms with E-state index in [0.717, 1.165) is 22.8 Å². The second-order valence-corrected chi connectivity index (χ2v) is 7.77. The Hall–Kier alpha value is -2.83. The van der Waals surface area contributed by atoms with Gasteiger partial charge in [0.15, 0.2) is 11.5 Å². The molecule has 1 amide bonds. The molecule has 1 atom stereocenters. The van der Waals surface area contributed by atoms with E-state index in [4.69, 9.17) is 9.47 Å². The molecule has 0 radical (unpaired) electrons. The number of aromatic nitrogens is 2. The average Bonchev–Trinajstić information content (AvgIpc) is 2.67. The summed E-state index contributed by atoms with van der Waals surface area (Å²) in [7, 11) is 0. The molecular formula is C22H29N3O4. The van der Waals surface area contributed by atoms with Crippen LogP contribution in [0.1, 0.15) is 49.7 Å². The van der Waals surface area contributed by atoms with Gasteiger partial charge in [0, 0.05) is 24.4 Å². The number of hydrogen-bond acceptors (Lipinski definition) is 5. The van der Waals surface area contributed by atoms with Crippen molar-refractivity contribution < 1.29 is 14.3 Å². The number of amides is 1. The molecule has 7 nitrogen and oxygen atoms in total. The molecule has 0 unspecified atom stereocenters. The highest BCUT2D eigenvalue weighted by Crippen LogP contribution is 2.34. The first-order valence-corrected chi connectivity index (χ1v) is 10.1. The molecule has 0 bridgehead atoms. The first-order valence-electron chi connectivity index (χ1n) is 10.1. The Balaban J connectivity index is 1.61. The van der Waals surface area contributed by atoms with Gasteiger partial charge in [-0.2, -0.15) is 4.98 Å². The molecule has 1 aromatic carbocycles. The van der Waals surface area contributed by atoms with Crippen LogP contribution in [-0.2, 0) is 11.3 Å². The van der Waals surface area contributed by atoms with E-state index >= 15 is 0 Å². The largest absolute Gasteiger partial charge is 0.486 e. The number of benzene rings is 1. The van der Waals surface area contributed by atoms with Crippen LogP contribution in [0.5, 0.6) is 11.5 Å². The summed E-state index contributed by atoms with van der Waals surface area (Å²) < 4.78 is 12.9. The molecule has 0 fully saturated rings. The molecule has 1 N–H and O–H groups in total. The Labute approximate surface area is 171 Å². The standard InChI is InChI=1S/C22H29N3O4/c1-14(2)21(17-7-8-18-19(13-17)29-11-10-28-18)24-20(26)6-5-9-25-16(4)12-15(3)23-22(25)27/h7-8,12-14,21H,5-6,9-11H2,1-4H3,(H,24,26)/t21-/m1/s1. The SMILES string of the molecule is Cc1cc(C)n(CCCC(=O)N[C@@H](c2ccc3c(c2)OCCO3)C(C)C)c(=O)n1. The van der Waals surface area contributed by atoms with Gasteiger partial charge in [0.25, 0.3) is 0 Å². The normalized spacial score (nSPS) is 14.0. The number of nitrogens with one attached hydrogen (secondary N) is 1. The van der Waals surface area contributed by atoms with Crippen LogP contribution in [0.4, 0.5) is 0 Å². The molecular weight excluding hydrogens is 370 g/mol. The van der Waals surface area contributed by atoms with Crippen LogP contribution >= 0.6 is 0 Å². The van der Waals surface area contributed by atoms with E-state index in [-0.39, 0.29) is 23.6 Å². The molecule has 0 spiro atoms. The lowest BCUT2D eigenvalue weighted by molar-refractivity contribution is -0.122. The van der Waals surface area contributed by atoms with Gasteiger partial charge in [-0.05, 0) is 49.9 Å². The molecule has 1 aromatic heterocycles. The van der Waals surface area contributed by atoms with E-state index in [0.29, 0.717) is 38.3 Å². The number of carbonyl (C=O) groups excluding carboxylic acids is 1. The number of rotatable bonds is 7. The van der Waals surface area contributed by atoms with Crippen LogP contribution < -0.4 is 20.5 Å².